The largest absolute Gasteiger partial charge is 0.333 e. The summed E-state index contributed by atoms with van der Waals surface area (Å²) in [7, 11) is 0. The molecule has 0 saturated carbocycles. The number of aromatic nitrogens is 3. The van der Waals surface area contributed by atoms with E-state index in [0.717, 1.165) is 25.9 Å². The summed E-state index contributed by atoms with van der Waals surface area (Å²) in [5.74, 6) is -1.69. The van der Waals surface area contributed by atoms with Crippen molar-refractivity contribution < 1.29 is 13.6 Å². The number of benzene rings is 1. The van der Waals surface area contributed by atoms with E-state index < -0.39 is 11.6 Å². The Morgan fingerprint density at radius 1 is 1.30 bits per heavy atom. The lowest BCUT2D eigenvalue weighted by atomic mass is 10.1. The molecule has 0 aliphatic carbocycles. The van der Waals surface area contributed by atoms with Gasteiger partial charge in [0.15, 0.2) is 5.69 Å². The van der Waals surface area contributed by atoms with Gasteiger partial charge in [-0.1, -0.05) is 11.3 Å². The van der Waals surface area contributed by atoms with Crippen LogP contribution in [-0.4, -0.2) is 45.4 Å². The molecule has 6 nitrogen and oxygen atoms in total. The smallest absolute Gasteiger partial charge is 0.276 e. The fraction of sp³-hybridized carbons (Fsp3) is 0.500. The van der Waals surface area contributed by atoms with Crippen LogP contribution < -0.4 is 5.32 Å². The molecule has 1 amide bonds. The van der Waals surface area contributed by atoms with E-state index in [1.165, 1.54) is 23.1 Å². The first-order valence-corrected chi connectivity index (χ1v) is 8.87. The van der Waals surface area contributed by atoms with Crippen molar-refractivity contribution in [3.63, 3.8) is 0 Å². The van der Waals surface area contributed by atoms with Gasteiger partial charge >= 0.3 is 0 Å². The molecule has 0 atom stereocenters. The number of halogens is 3. The Labute approximate surface area is 163 Å². The molecule has 27 heavy (non-hydrogen) atoms. The van der Waals surface area contributed by atoms with E-state index in [9.17, 15) is 13.6 Å². The van der Waals surface area contributed by atoms with E-state index in [0.29, 0.717) is 12.2 Å². The van der Waals surface area contributed by atoms with Crippen LogP contribution in [0.5, 0.6) is 0 Å². The lowest BCUT2D eigenvalue weighted by Crippen LogP contribution is -2.32. The highest BCUT2D eigenvalue weighted by Gasteiger charge is 2.26. The molecule has 1 aromatic heterocycles. The number of carbonyl (C=O) groups is 1. The summed E-state index contributed by atoms with van der Waals surface area (Å²) in [6, 6.07) is 3.90. The van der Waals surface area contributed by atoms with E-state index in [1.807, 2.05) is 6.92 Å². The van der Waals surface area contributed by atoms with Crippen molar-refractivity contribution >= 4 is 18.3 Å². The summed E-state index contributed by atoms with van der Waals surface area (Å²) in [5, 5.41) is 11.5. The van der Waals surface area contributed by atoms with Crippen LogP contribution in [0.15, 0.2) is 18.2 Å². The van der Waals surface area contributed by atoms with E-state index in [-0.39, 0.29) is 42.2 Å². The fourth-order valence-corrected chi connectivity index (χ4v) is 3.29. The van der Waals surface area contributed by atoms with Crippen LogP contribution in [0.25, 0.3) is 0 Å². The molecular formula is C18H24ClF2N5O. The van der Waals surface area contributed by atoms with Crippen molar-refractivity contribution in [2.24, 2.45) is 0 Å². The summed E-state index contributed by atoms with van der Waals surface area (Å²) in [4.78, 5) is 14.3. The first kappa shape index (κ1) is 21.2. The van der Waals surface area contributed by atoms with Crippen LogP contribution in [0.1, 0.15) is 47.6 Å². The van der Waals surface area contributed by atoms with Gasteiger partial charge in [0.25, 0.3) is 5.91 Å². The highest BCUT2D eigenvalue weighted by molar-refractivity contribution is 5.93. The molecule has 148 valence electrons. The molecular weight excluding hydrogens is 376 g/mol. The van der Waals surface area contributed by atoms with Crippen molar-refractivity contribution in [1.82, 2.24) is 25.2 Å². The number of piperidine rings is 1. The SMILES string of the molecule is CCN(Cc1c(F)cccc1F)C(=O)c1nnn(C2CCNCC2)c1C.Cl. The highest BCUT2D eigenvalue weighted by Crippen LogP contribution is 2.22. The summed E-state index contributed by atoms with van der Waals surface area (Å²) >= 11 is 0. The third kappa shape index (κ3) is 4.44. The van der Waals surface area contributed by atoms with Crippen LogP contribution in [-0.2, 0) is 6.54 Å². The van der Waals surface area contributed by atoms with Crippen molar-refractivity contribution in [1.29, 1.82) is 0 Å². The number of nitrogens with zero attached hydrogens (tertiary/aromatic N) is 4. The van der Waals surface area contributed by atoms with Crippen LogP contribution in [0.3, 0.4) is 0 Å². The van der Waals surface area contributed by atoms with Gasteiger partial charge in [0, 0.05) is 12.1 Å². The minimum atomic E-state index is -0.661. The molecule has 3 rings (SSSR count). The summed E-state index contributed by atoms with van der Waals surface area (Å²) in [5.41, 5.74) is 0.808. The minimum Gasteiger partial charge on any atom is -0.333 e. The number of hydrogen-bond acceptors (Lipinski definition) is 4. The average Bonchev–Trinajstić information content (AvgIpc) is 3.03. The second-order valence-electron chi connectivity index (χ2n) is 6.47. The Hall–Kier alpha value is -2.06. The Morgan fingerprint density at radius 3 is 2.52 bits per heavy atom. The molecule has 2 heterocycles. The zero-order valence-corrected chi connectivity index (χ0v) is 16.2. The van der Waals surface area contributed by atoms with Crippen LogP contribution >= 0.6 is 12.4 Å². The topological polar surface area (TPSA) is 63.1 Å². The third-order valence-corrected chi connectivity index (χ3v) is 4.86. The Bertz CT molecular complexity index is 772. The first-order chi connectivity index (χ1) is 12.5. The second-order valence-corrected chi connectivity index (χ2v) is 6.47. The number of rotatable bonds is 5. The number of hydrogen-bond donors (Lipinski definition) is 1. The number of amides is 1. The van der Waals surface area contributed by atoms with Gasteiger partial charge in [-0.15, -0.1) is 17.5 Å². The van der Waals surface area contributed by atoms with Crippen LogP contribution in [0, 0.1) is 18.6 Å². The molecule has 1 saturated heterocycles. The second kappa shape index (κ2) is 9.23. The van der Waals surface area contributed by atoms with Gasteiger partial charge in [-0.3, -0.25) is 4.79 Å². The Balaban J connectivity index is 0.00000261. The van der Waals surface area contributed by atoms with Crippen molar-refractivity contribution in [3.05, 3.63) is 46.8 Å². The van der Waals surface area contributed by atoms with Crippen molar-refractivity contribution in [2.75, 3.05) is 19.6 Å². The standard InChI is InChI=1S/C18H23F2N5O.ClH/c1-3-24(11-14-15(19)5-4-6-16(14)20)18(26)17-12(2)25(23-22-17)13-7-9-21-10-8-13;/h4-6,13,21H,3,7-11H2,1-2H3;1H. The predicted octanol–water partition coefficient (Wildman–Crippen LogP) is 2.87. The predicted molar refractivity (Wildman–Crippen MR) is 99.9 cm³/mol. The number of carbonyl (C=O) groups excluding carboxylic acids is 1. The molecule has 0 radical (unpaired) electrons. The first-order valence-electron chi connectivity index (χ1n) is 8.87. The number of nitrogens with one attached hydrogen (secondary N) is 1. The zero-order valence-electron chi connectivity index (χ0n) is 15.4. The molecule has 1 aliphatic rings. The van der Waals surface area contributed by atoms with E-state index in [4.69, 9.17) is 0 Å². The van der Waals surface area contributed by atoms with Gasteiger partial charge in [0.2, 0.25) is 0 Å². The van der Waals surface area contributed by atoms with E-state index in [1.54, 1.807) is 11.6 Å². The minimum absolute atomic E-state index is 0. The van der Waals surface area contributed by atoms with Crippen LogP contribution in [0.4, 0.5) is 8.78 Å². The van der Waals surface area contributed by atoms with E-state index in [2.05, 4.69) is 15.6 Å². The van der Waals surface area contributed by atoms with Crippen LogP contribution in [0.2, 0.25) is 0 Å². The molecule has 1 aromatic carbocycles. The fourth-order valence-electron chi connectivity index (χ4n) is 3.29. The third-order valence-electron chi connectivity index (χ3n) is 4.86. The highest BCUT2D eigenvalue weighted by atomic mass is 35.5. The lowest BCUT2D eigenvalue weighted by Gasteiger charge is -2.24. The normalized spacial score (nSPS) is 14.7. The average molecular weight is 400 g/mol. The Kier molecular flexibility index (Phi) is 7.26. The van der Waals surface area contributed by atoms with Gasteiger partial charge in [0.1, 0.15) is 11.6 Å². The molecule has 0 spiro atoms. The molecule has 0 unspecified atom stereocenters. The molecule has 0 bridgehead atoms. The van der Waals surface area contributed by atoms with Crippen molar-refractivity contribution in [3.8, 4) is 0 Å². The maximum atomic E-state index is 13.9. The summed E-state index contributed by atoms with van der Waals surface area (Å²) < 4.78 is 29.6. The lowest BCUT2D eigenvalue weighted by molar-refractivity contribution is 0.0742. The summed E-state index contributed by atoms with van der Waals surface area (Å²) in [6.07, 6.45) is 1.85. The monoisotopic (exact) mass is 399 g/mol. The van der Waals surface area contributed by atoms with Gasteiger partial charge < -0.3 is 10.2 Å². The maximum absolute atomic E-state index is 13.9. The molecule has 9 heteroatoms. The van der Waals surface area contributed by atoms with Crippen molar-refractivity contribution in [2.45, 2.75) is 39.3 Å². The molecule has 2 aromatic rings. The Morgan fingerprint density at radius 2 is 1.93 bits per heavy atom. The molecule has 1 fully saturated rings. The summed E-state index contributed by atoms with van der Waals surface area (Å²) in [6.45, 7) is 5.55. The zero-order chi connectivity index (χ0) is 18.7. The molecule has 1 N–H and O–H groups in total. The van der Waals surface area contributed by atoms with E-state index >= 15 is 0 Å². The van der Waals surface area contributed by atoms with Gasteiger partial charge in [0.05, 0.1) is 18.3 Å². The maximum Gasteiger partial charge on any atom is 0.276 e. The van der Waals surface area contributed by atoms with Gasteiger partial charge in [-0.05, 0) is 51.9 Å². The quantitative estimate of drug-likeness (QED) is 0.839. The molecule has 1 aliphatic heterocycles. The van der Waals surface area contributed by atoms with Gasteiger partial charge in [-0.25, -0.2) is 13.5 Å². The van der Waals surface area contributed by atoms with Gasteiger partial charge in [-0.2, -0.15) is 0 Å².